The maximum Gasteiger partial charge on any atom is 0.180 e. The number of hydrogen-bond acceptors (Lipinski definition) is 3. The van der Waals surface area contributed by atoms with Crippen LogP contribution in [0.5, 0.6) is 0 Å². The van der Waals surface area contributed by atoms with Gasteiger partial charge in [0.05, 0.1) is 10.6 Å². The van der Waals surface area contributed by atoms with Crippen LogP contribution in [0.15, 0.2) is 23.1 Å². The summed E-state index contributed by atoms with van der Waals surface area (Å²) in [5.74, 6) is -0.461. The van der Waals surface area contributed by atoms with Crippen LogP contribution < -0.4 is 5.73 Å². The fourth-order valence-electron chi connectivity index (χ4n) is 1.50. The first-order valence-electron chi connectivity index (χ1n) is 5.48. The molecule has 3 nitrogen and oxygen atoms in total. The molecule has 0 bridgehead atoms. The highest BCUT2D eigenvalue weighted by Crippen LogP contribution is 2.19. The Balaban J connectivity index is 3.06. The Morgan fingerprint density at radius 3 is 2.41 bits per heavy atom. The van der Waals surface area contributed by atoms with E-state index in [-0.39, 0.29) is 16.6 Å². The standard InChI is InChI=1S/C12H18FNO2S/c1-8(2)11(14)7-17(15,16)12-5-4-10(13)6-9(12)3/h4-6,8,11H,7,14H2,1-3H3. The predicted molar refractivity (Wildman–Crippen MR) is 66.0 cm³/mol. The van der Waals surface area contributed by atoms with Gasteiger partial charge in [-0.1, -0.05) is 13.8 Å². The lowest BCUT2D eigenvalue weighted by atomic mass is 10.1. The molecular formula is C12H18FNO2S. The van der Waals surface area contributed by atoms with Crippen LogP contribution in [0.3, 0.4) is 0 Å². The average molecular weight is 259 g/mol. The molecule has 17 heavy (non-hydrogen) atoms. The van der Waals surface area contributed by atoms with Gasteiger partial charge in [-0.3, -0.25) is 0 Å². The second-order valence-corrected chi connectivity index (χ2v) is 6.60. The van der Waals surface area contributed by atoms with Gasteiger partial charge in [-0.2, -0.15) is 0 Å². The van der Waals surface area contributed by atoms with Crippen molar-refractivity contribution < 1.29 is 12.8 Å². The molecule has 2 N–H and O–H groups in total. The van der Waals surface area contributed by atoms with E-state index in [1.807, 2.05) is 13.8 Å². The lowest BCUT2D eigenvalue weighted by molar-refractivity contribution is 0.516. The first-order valence-corrected chi connectivity index (χ1v) is 7.14. The zero-order chi connectivity index (χ0) is 13.2. The van der Waals surface area contributed by atoms with Gasteiger partial charge in [0.15, 0.2) is 9.84 Å². The van der Waals surface area contributed by atoms with Crippen molar-refractivity contribution in [3.8, 4) is 0 Å². The van der Waals surface area contributed by atoms with Gasteiger partial charge in [0, 0.05) is 6.04 Å². The molecule has 1 aromatic rings. The van der Waals surface area contributed by atoms with Crippen LogP contribution in [-0.4, -0.2) is 20.2 Å². The fourth-order valence-corrected chi connectivity index (χ4v) is 3.39. The van der Waals surface area contributed by atoms with Crippen LogP contribution in [0, 0.1) is 18.7 Å². The Hall–Kier alpha value is -0.940. The first-order chi connectivity index (χ1) is 7.74. The van der Waals surface area contributed by atoms with E-state index in [1.165, 1.54) is 12.1 Å². The van der Waals surface area contributed by atoms with Crippen LogP contribution in [0.25, 0.3) is 0 Å². The molecule has 1 atom stereocenters. The average Bonchev–Trinajstić information content (AvgIpc) is 2.15. The molecule has 0 aromatic heterocycles. The molecule has 1 aromatic carbocycles. The molecular weight excluding hydrogens is 241 g/mol. The molecule has 0 fully saturated rings. The van der Waals surface area contributed by atoms with Gasteiger partial charge in [0.1, 0.15) is 5.82 Å². The van der Waals surface area contributed by atoms with Crippen molar-refractivity contribution in [2.24, 2.45) is 11.7 Å². The molecule has 0 radical (unpaired) electrons. The molecule has 1 unspecified atom stereocenters. The smallest absolute Gasteiger partial charge is 0.180 e. The molecule has 0 aliphatic rings. The molecule has 5 heteroatoms. The minimum atomic E-state index is -3.44. The Bertz CT molecular complexity index is 497. The summed E-state index contributed by atoms with van der Waals surface area (Å²) >= 11 is 0. The van der Waals surface area contributed by atoms with E-state index in [2.05, 4.69) is 0 Å². The monoisotopic (exact) mass is 259 g/mol. The van der Waals surface area contributed by atoms with Crippen molar-refractivity contribution in [2.75, 3.05) is 5.75 Å². The third-order valence-corrected chi connectivity index (χ3v) is 4.69. The summed E-state index contributed by atoms with van der Waals surface area (Å²) in [7, 11) is -3.44. The lowest BCUT2D eigenvalue weighted by Gasteiger charge is -2.16. The van der Waals surface area contributed by atoms with Gasteiger partial charge < -0.3 is 5.73 Å². The van der Waals surface area contributed by atoms with Crippen molar-refractivity contribution in [3.63, 3.8) is 0 Å². The molecule has 0 saturated heterocycles. The van der Waals surface area contributed by atoms with Crippen LogP contribution >= 0.6 is 0 Å². The van der Waals surface area contributed by atoms with E-state index in [0.29, 0.717) is 5.56 Å². The molecule has 0 amide bonds. The predicted octanol–water partition coefficient (Wildman–Crippen LogP) is 1.89. The van der Waals surface area contributed by atoms with Gasteiger partial charge >= 0.3 is 0 Å². The van der Waals surface area contributed by atoms with Crippen molar-refractivity contribution in [1.82, 2.24) is 0 Å². The van der Waals surface area contributed by atoms with E-state index >= 15 is 0 Å². The molecule has 0 aliphatic heterocycles. The van der Waals surface area contributed by atoms with Crippen LogP contribution in [0.4, 0.5) is 4.39 Å². The maximum absolute atomic E-state index is 12.9. The second kappa shape index (κ2) is 5.14. The summed E-state index contributed by atoms with van der Waals surface area (Å²) in [6, 6.07) is 3.26. The summed E-state index contributed by atoms with van der Waals surface area (Å²) in [6.45, 7) is 5.33. The highest BCUT2D eigenvalue weighted by molar-refractivity contribution is 7.91. The summed E-state index contributed by atoms with van der Waals surface area (Å²) in [4.78, 5) is 0.162. The van der Waals surface area contributed by atoms with Gasteiger partial charge in [0.2, 0.25) is 0 Å². The highest BCUT2D eigenvalue weighted by Gasteiger charge is 2.22. The van der Waals surface area contributed by atoms with E-state index < -0.39 is 21.7 Å². The maximum atomic E-state index is 12.9. The Kier molecular flexibility index (Phi) is 4.27. The van der Waals surface area contributed by atoms with Crippen molar-refractivity contribution in [2.45, 2.75) is 31.7 Å². The molecule has 96 valence electrons. The molecule has 1 rings (SSSR count). The van der Waals surface area contributed by atoms with E-state index in [1.54, 1.807) is 6.92 Å². The molecule has 0 aliphatic carbocycles. The lowest BCUT2D eigenvalue weighted by Crippen LogP contribution is -2.34. The third-order valence-electron chi connectivity index (χ3n) is 2.74. The zero-order valence-electron chi connectivity index (χ0n) is 10.3. The zero-order valence-corrected chi connectivity index (χ0v) is 11.1. The number of sulfone groups is 1. The Labute approximate surface area is 102 Å². The summed E-state index contributed by atoms with van der Waals surface area (Å²) in [5, 5.41) is 0. The molecule has 0 spiro atoms. The van der Waals surface area contributed by atoms with Crippen molar-refractivity contribution in [3.05, 3.63) is 29.6 Å². The number of rotatable bonds is 4. The molecule has 0 heterocycles. The normalized spacial score (nSPS) is 14.0. The van der Waals surface area contributed by atoms with E-state index in [9.17, 15) is 12.8 Å². The highest BCUT2D eigenvalue weighted by atomic mass is 32.2. The quantitative estimate of drug-likeness (QED) is 0.840. The minimum Gasteiger partial charge on any atom is -0.327 e. The Morgan fingerprint density at radius 2 is 1.94 bits per heavy atom. The molecule has 0 saturated carbocycles. The number of nitrogens with two attached hydrogens (primary N) is 1. The summed E-state index contributed by atoms with van der Waals surface area (Å²) < 4.78 is 37.1. The summed E-state index contributed by atoms with van der Waals surface area (Å²) in [5.41, 5.74) is 6.18. The fraction of sp³-hybridized carbons (Fsp3) is 0.500. The van der Waals surface area contributed by atoms with Crippen LogP contribution in [0.1, 0.15) is 19.4 Å². The summed E-state index contributed by atoms with van der Waals surface area (Å²) in [6.07, 6.45) is 0. The number of aryl methyl sites for hydroxylation is 1. The van der Waals surface area contributed by atoms with Crippen LogP contribution in [-0.2, 0) is 9.84 Å². The SMILES string of the molecule is Cc1cc(F)ccc1S(=O)(=O)CC(N)C(C)C. The van der Waals surface area contributed by atoms with Gasteiger partial charge in [0.25, 0.3) is 0 Å². The van der Waals surface area contributed by atoms with Crippen molar-refractivity contribution in [1.29, 1.82) is 0 Å². The number of halogens is 1. The number of hydrogen-bond donors (Lipinski definition) is 1. The van der Waals surface area contributed by atoms with Gasteiger partial charge in [-0.15, -0.1) is 0 Å². The van der Waals surface area contributed by atoms with E-state index in [4.69, 9.17) is 5.73 Å². The third kappa shape index (κ3) is 3.51. The minimum absolute atomic E-state index is 0.0885. The van der Waals surface area contributed by atoms with Crippen molar-refractivity contribution >= 4 is 9.84 Å². The Morgan fingerprint density at radius 1 is 1.35 bits per heavy atom. The first kappa shape index (κ1) is 14.1. The van der Waals surface area contributed by atoms with E-state index in [0.717, 1.165) is 6.07 Å². The largest absolute Gasteiger partial charge is 0.327 e. The van der Waals surface area contributed by atoms with Gasteiger partial charge in [-0.25, -0.2) is 12.8 Å². The number of benzene rings is 1. The topological polar surface area (TPSA) is 60.2 Å². The second-order valence-electron chi connectivity index (χ2n) is 4.60. The van der Waals surface area contributed by atoms with Gasteiger partial charge in [-0.05, 0) is 36.6 Å². The van der Waals surface area contributed by atoms with Crippen LogP contribution in [0.2, 0.25) is 0 Å².